The lowest BCUT2D eigenvalue weighted by atomic mass is 9.88. The summed E-state index contributed by atoms with van der Waals surface area (Å²) in [6.45, 7) is 1.42. The van der Waals surface area contributed by atoms with Gasteiger partial charge < -0.3 is 9.64 Å². The highest BCUT2D eigenvalue weighted by Gasteiger charge is 2.64. The molecular weight excluding hydrogens is 414 g/mol. The van der Waals surface area contributed by atoms with Gasteiger partial charge in [-0.15, -0.1) is 0 Å². The molecule has 0 aliphatic carbocycles. The fraction of sp³-hybridized carbons (Fsp3) is 0.261. The van der Waals surface area contributed by atoms with Crippen LogP contribution < -0.4 is 14.5 Å². The van der Waals surface area contributed by atoms with Crippen molar-refractivity contribution < 1.29 is 24.0 Å². The number of imide groups is 1. The number of non-ortho nitro benzene ring substituents is 1. The first-order valence-electron chi connectivity index (χ1n) is 10.1. The number of anilines is 2. The number of fused-ring (bicyclic) bond motifs is 5. The molecule has 162 valence electrons. The van der Waals surface area contributed by atoms with Crippen molar-refractivity contribution in [3.8, 4) is 5.75 Å². The van der Waals surface area contributed by atoms with E-state index < -0.39 is 40.7 Å². The van der Waals surface area contributed by atoms with E-state index in [-0.39, 0.29) is 22.9 Å². The van der Waals surface area contributed by atoms with Crippen molar-refractivity contribution >= 4 is 40.7 Å². The molecule has 2 saturated heterocycles. The molecule has 4 atom stereocenters. The number of hydrogen-bond acceptors (Lipinski definition) is 7. The Hall–Kier alpha value is -4.01. The van der Waals surface area contributed by atoms with E-state index in [1.165, 1.54) is 26.2 Å². The molecule has 0 saturated carbocycles. The van der Waals surface area contributed by atoms with Crippen molar-refractivity contribution in [3.63, 3.8) is 0 Å². The highest BCUT2D eigenvalue weighted by Crippen LogP contribution is 2.50. The van der Waals surface area contributed by atoms with Crippen LogP contribution in [0.2, 0.25) is 0 Å². The summed E-state index contributed by atoms with van der Waals surface area (Å²) in [7, 11) is 1.36. The second-order valence-corrected chi connectivity index (χ2v) is 8.05. The first-order valence-corrected chi connectivity index (χ1v) is 10.1. The molecule has 5 rings (SSSR count). The van der Waals surface area contributed by atoms with Crippen LogP contribution in [0.3, 0.4) is 0 Å². The second kappa shape index (κ2) is 7.01. The molecule has 0 bridgehead atoms. The second-order valence-electron chi connectivity index (χ2n) is 8.05. The third-order valence-electron chi connectivity index (χ3n) is 6.45. The predicted molar refractivity (Wildman–Crippen MR) is 115 cm³/mol. The number of hydrogen-bond donors (Lipinski definition) is 0. The Morgan fingerprint density at radius 3 is 2.47 bits per heavy atom. The molecule has 3 heterocycles. The number of ether oxygens (including phenoxy) is 1. The van der Waals surface area contributed by atoms with Crippen LogP contribution in [0.5, 0.6) is 5.75 Å². The molecule has 0 spiro atoms. The van der Waals surface area contributed by atoms with E-state index in [4.69, 9.17) is 4.74 Å². The van der Waals surface area contributed by atoms with Crippen LogP contribution in [0.1, 0.15) is 12.5 Å². The molecule has 9 nitrogen and oxygen atoms in total. The van der Waals surface area contributed by atoms with Crippen LogP contribution in [0.4, 0.5) is 17.1 Å². The highest BCUT2D eigenvalue weighted by atomic mass is 16.6. The molecule has 2 aromatic carbocycles. The quantitative estimate of drug-likeness (QED) is 0.414. The number of Topliss-reactive ketones (excluding diaryl/α,β-unsaturated/α-hetero) is 1. The Bertz CT molecular complexity index is 1220. The van der Waals surface area contributed by atoms with Gasteiger partial charge in [-0.05, 0) is 24.6 Å². The zero-order chi connectivity index (χ0) is 22.7. The minimum absolute atomic E-state index is 0.0140. The predicted octanol–water partition coefficient (Wildman–Crippen LogP) is 2.58. The van der Waals surface area contributed by atoms with Crippen LogP contribution in [-0.4, -0.2) is 41.7 Å². The molecule has 3 aliphatic rings. The molecule has 9 heteroatoms. The van der Waals surface area contributed by atoms with E-state index in [1.807, 2.05) is 41.3 Å². The van der Waals surface area contributed by atoms with E-state index >= 15 is 0 Å². The number of rotatable bonds is 4. The van der Waals surface area contributed by atoms with Gasteiger partial charge in [0.05, 0.1) is 29.9 Å². The molecule has 0 radical (unpaired) electrons. The van der Waals surface area contributed by atoms with Crippen LogP contribution in [-0.2, 0) is 14.4 Å². The molecule has 3 aliphatic heterocycles. The number of nitro benzene ring substituents is 1. The Balaban J connectivity index is 1.64. The Morgan fingerprint density at radius 1 is 1.06 bits per heavy atom. The normalized spacial score (nSPS) is 25.4. The molecule has 2 fully saturated rings. The molecule has 0 N–H and O–H groups in total. The number of para-hydroxylation sites is 1. The van der Waals surface area contributed by atoms with E-state index in [1.54, 1.807) is 0 Å². The first-order chi connectivity index (χ1) is 15.3. The summed E-state index contributed by atoms with van der Waals surface area (Å²) in [5.41, 5.74) is 1.46. The lowest BCUT2D eigenvalue weighted by Crippen LogP contribution is -2.48. The molecule has 32 heavy (non-hydrogen) atoms. The van der Waals surface area contributed by atoms with E-state index in [2.05, 4.69) is 0 Å². The van der Waals surface area contributed by atoms with Crippen molar-refractivity contribution in [2.75, 3.05) is 16.9 Å². The van der Waals surface area contributed by atoms with Gasteiger partial charge in [-0.3, -0.25) is 24.5 Å². The molecule has 0 aromatic heterocycles. The monoisotopic (exact) mass is 433 g/mol. The minimum atomic E-state index is -0.898. The summed E-state index contributed by atoms with van der Waals surface area (Å²) >= 11 is 0. The van der Waals surface area contributed by atoms with E-state index in [9.17, 15) is 24.5 Å². The zero-order valence-corrected chi connectivity index (χ0v) is 17.3. The number of nitro groups is 1. The highest BCUT2D eigenvalue weighted by molar-refractivity contribution is 6.25. The van der Waals surface area contributed by atoms with Gasteiger partial charge in [-0.25, -0.2) is 4.90 Å². The number of amides is 2. The summed E-state index contributed by atoms with van der Waals surface area (Å²) < 4.78 is 5.28. The fourth-order valence-corrected chi connectivity index (χ4v) is 5.18. The molecule has 0 unspecified atom stereocenters. The van der Waals surface area contributed by atoms with Gasteiger partial charge >= 0.3 is 0 Å². The summed E-state index contributed by atoms with van der Waals surface area (Å²) in [4.78, 5) is 53.4. The van der Waals surface area contributed by atoms with Gasteiger partial charge in [0, 0.05) is 17.8 Å². The Morgan fingerprint density at radius 2 is 1.78 bits per heavy atom. The maximum absolute atomic E-state index is 13.6. The van der Waals surface area contributed by atoms with Crippen molar-refractivity contribution in [2.24, 2.45) is 11.8 Å². The van der Waals surface area contributed by atoms with E-state index in [0.717, 1.165) is 22.2 Å². The lowest BCUT2D eigenvalue weighted by molar-refractivity contribution is -0.384. The van der Waals surface area contributed by atoms with Gasteiger partial charge in [-0.1, -0.05) is 30.4 Å². The Labute approximate surface area is 183 Å². The van der Waals surface area contributed by atoms with Crippen molar-refractivity contribution in [1.82, 2.24) is 0 Å². The topological polar surface area (TPSA) is 110 Å². The van der Waals surface area contributed by atoms with Gasteiger partial charge in [0.1, 0.15) is 17.5 Å². The average Bonchev–Trinajstić information content (AvgIpc) is 3.26. The maximum Gasteiger partial charge on any atom is 0.271 e. The third-order valence-corrected chi connectivity index (χ3v) is 6.45. The summed E-state index contributed by atoms with van der Waals surface area (Å²) in [6.07, 6.45) is 3.74. The van der Waals surface area contributed by atoms with Crippen LogP contribution in [0.15, 0.2) is 48.5 Å². The van der Waals surface area contributed by atoms with Crippen LogP contribution in [0, 0.1) is 22.0 Å². The van der Waals surface area contributed by atoms with E-state index in [0.29, 0.717) is 0 Å². The number of nitrogens with zero attached hydrogens (tertiary/aromatic N) is 3. The number of carbonyl (C=O) groups is 3. The third kappa shape index (κ3) is 2.60. The number of carbonyl (C=O) groups excluding carboxylic acids is 3. The lowest BCUT2D eigenvalue weighted by Gasteiger charge is -2.36. The SMILES string of the molecule is COc1ccc([N+](=O)[O-])cc1N1C(=O)[C@@H]2[C@H](C1=O)[C@H]1C=Cc3ccccc3N1[C@@H]2C(C)=O. The van der Waals surface area contributed by atoms with Crippen LogP contribution in [0.25, 0.3) is 6.08 Å². The number of ketones is 1. The largest absolute Gasteiger partial charge is 0.495 e. The number of benzene rings is 2. The average molecular weight is 433 g/mol. The Kier molecular flexibility index (Phi) is 4.37. The fourth-order valence-electron chi connectivity index (χ4n) is 5.18. The van der Waals surface area contributed by atoms with Gasteiger partial charge in [0.25, 0.3) is 5.69 Å². The molecule has 2 aromatic rings. The first kappa shape index (κ1) is 19.9. The maximum atomic E-state index is 13.6. The van der Waals surface area contributed by atoms with Crippen molar-refractivity contribution in [1.29, 1.82) is 0 Å². The smallest absolute Gasteiger partial charge is 0.271 e. The van der Waals surface area contributed by atoms with Crippen molar-refractivity contribution in [3.05, 3.63) is 64.2 Å². The molecule has 2 amide bonds. The standard InChI is InChI=1S/C23H19N3O6/c1-12(27)21-20-19(16-9-7-13-5-3-4-6-15(13)24(16)21)22(28)25(23(20)29)17-11-14(26(30)31)8-10-18(17)32-2/h3-11,16,19-21H,1-2H3/t16-,19-,20-,21-/m1/s1. The van der Waals surface area contributed by atoms with Gasteiger partial charge in [0.15, 0.2) is 5.78 Å². The van der Waals surface area contributed by atoms with Crippen LogP contribution >= 0.6 is 0 Å². The van der Waals surface area contributed by atoms with Gasteiger partial charge in [-0.2, -0.15) is 0 Å². The summed E-state index contributed by atoms with van der Waals surface area (Å²) in [5.74, 6) is -2.80. The zero-order valence-electron chi connectivity index (χ0n) is 17.3. The van der Waals surface area contributed by atoms with Crippen molar-refractivity contribution in [2.45, 2.75) is 19.0 Å². The number of methoxy groups -OCH3 is 1. The minimum Gasteiger partial charge on any atom is -0.495 e. The molecular formula is C23H19N3O6. The summed E-state index contributed by atoms with van der Waals surface area (Å²) in [6, 6.07) is 9.98. The van der Waals surface area contributed by atoms with Gasteiger partial charge in [0.2, 0.25) is 11.8 Å². The summed E-state index contributed by atoms with van der Waals surface area (Å²) in [5, 5.41) is 11.3.